The molecule has 1 aromatic rings. The second-order valence-corrected chi connectivity index (χ2v) is 6.88. The Balaban J connectivity index is 0.00000100. The van der Waals surface area contributed by atoms with E-state index in [0.29, 0.717) is 24.4 Å². The van der Waals surface area contributed by atoms with E-state index in [2.05, 4.69) is 0 Å². The van der Waals surface area contributed by atoms with Gasteiger partial charge in [0.2, 0.25) is 0 Å². The number of rotatable bonds is 3. The van der Waals surface area contributed by atoms with Crippen molar-refractivity contribution in [3.63, 3.8) is 0 Å². The maximum absolute atomic E-state index is 14.4. The van der Waals surface area contributed by atoms with Crippen molar-refractivity contribution in [2.45, 2.75) is 65.3 Å². The van der Waals surface area contributed by atoms with Gasteiger partial charge in [-0.3, -0.25) is 0 Å². The summed E-state index contributed by atoms with van der Waals surface area (Å²) in [7, 11) is -0.700. The van der Waals surface area contributed by atoms with Crippen molar-refractivity contribution in [3.05, 3.63) is 24.0 Å². The molecule has 0 saturated carbocycles. The van der Waals surface area contributed by atoms with Crippen molar-refractivity contribution < 1.29 is 23.2 Å². The molecule has 2 fully saturated rings. The molecular weight excluding hydrogens is 310 g/mol. The van der Waals surface area contributed by atoms with Gasteiger partial charge in [0.05, 0.1) is 24.4 Å². The number of halogens is 1. The molecule has 0 bridgehead atoms. The first-order valence-electron chi connectivity index (χ1n) is 8.68. The van der Waals surface area contributed by atoms with Crippen molar-refractivity contribution in [3.8, 4) is 5.75 Å². The van der Waals surface area contributed by atoms with E-state index in [-0.39, 0.29) is 11.9 Å². The summed E-state index contributed by atoms with van der Waals surface area (Å²) in [6.07, 6.45) is 0.836. The van der Waals surface area contributed by atoms with Crippen LogP contribution in [-0.4, -0.2) is 37.6 Å². The zero-order valence-electron chi connectivity index (χ0n) is 15.5. The second kappa shape index (κ2) is 7.42. The smallest absolute Gasteiger partial charge is 0.488 e. The highest BCUT2D eigenvalue weighted by Crippen LogP contribution is 2.36. The third kappa shape index (κ3) is 3.93. The van der Waals surface area contributed by atoms with Crippen LogP contribution in [0.2, 0.25) is 0 Å². The maximum Gasteiger partial charge on any atom is 0.497 e. The van der Waals surface area contributed by atoms with Crippen LogP contribution in [-0.2, 0) is 14.0 Å². The Labute approximate surface area is 144 Å². The van der Waals surface area contributed by atoms with Gasteiger partial charge in [-0.2, -0.15) is 0 Å². The van der Waals surface area contributed by atoms with Crippen LogP contribution in [0.1, 0.15) is 48.0 Å². The van der Waals surface area contributed by atoms with Gasteiger partial charge in [-0.15, -0.1) is 0 Å². The van der Waals surface area contributed by atoms with E-state index in [1.807, 2.05) is 41.5 Å². The van der Waals surface area contributed by atoms with Crippen molar-refractivity contribution in [2.75, 3.05) is 13.2 Å². The average Bonchev–Trinajstić information content (AvgIpc) is 3.07. The molecule has 2 aliphatic rings. The van der Waals surface area contributed by atoms with E-state index in [4.69, 9.17) is 18.8 Å². The minimum atomic E-state index is -0.700. The van der Waals surface area contributed by atoms with Crippen LogP contribution in [0.25, 0.3) is 0 Å². The lowest BCUT2D eigenvalue weighted by atomic mass is 9.78. The number of benzene rings is 1. The molecule has 4 nitrogen and oxygen atoms in total. The van der Waals surface area contributed by atoms with Gasteiger partial charge in [0.25, 0.3) is 0 Å². The SMILES string of the molecule is CC.CC1(C)OB(c2ccc(O[C@H]3CCOC3)cc2F)OC1(C)C. The fraction of sp³-hybridized carbons (Fsp3) is 0.667. The molecule has 0 radical (unpaired) electrons. The monoisotopic (exact) mass is 338 g/mol. The van der Waals surface area contributed by atoms with Crippen LogP contribution in [0.3, 0.4) is 0 Å². The van der Waals surface area contributed by atoms with Crippen molar-refractivity contribution >= 4 is 12.6 Å². The molecule has 3 rings (SSSR count). The Morgan fingerprint density at radius 3 is 2.25 bits per heavy atom. The van der Waals surface area contributed by atoms with Gasteiger partial charge in [-0.05, 0) is 33.8 Å². The summed E-state index contributed by atoms with van der Waals surface area (Å²) >= 11 is 0. The van der Waals surface area contributed by atoms with E-state index in [1.54, 1.807) is 12.1 Å². The Kier molecular flexibility index (Phi) is 5.94. The Morgan fingerprint density at radius 1 is 1.12 bits per heavy atom. The average molecular weight is 338 g/mol. The molecule has 0 aromatic heterocycles. The van der Waals surface area contributed by atoms with E-state index in [9.17, 15) is 4.39 Å². The van der Waals surface area contributed by atoms with E-state index in [1.165, 1.54) is 6.07 Å². The Morgan fingerprint density at radius 2 is 1.75 bits per heavy atom. The Hall–Kier alpha value is -1.11. The van der Waals surface area contributed by atoms with Gasteiger partial charge in [0, 0.05) is 17.9 Å². The fourth-order valence-electron chi connectivity index (χ4n) is 2.54. The molecule has 2 saturated heterocycles. The topological polar surface area (TPSA) is 36.9 Å². The van der Waals surface area contributed by atoms with Gasteiger partial charge >= 0.3 is 7.12 Å². The predicted molar refractivity (Wildman–Crippen MR) is 93.3 cm³/mol. The largest absolute Gasteiger partial charge is 0.497 e. The van der Waals surface area contributed by atoms with Crippen LogP contribution in [0, 0.1) is 5.82 Å². The summed E-state index contributed by atoms with van der Waals surface area (Å²) in [5.74, 6) is 0.128. The van der Waals surface area contributed by atoms with E-state index < -0.39 is 18.3 Å². The number of ether oxygens (including phenoxy) is 2. The molecule has 2 heterocycles. The first-order valence-corrected chi connectivity index (χ1v) is 8.68. The summed E-state index contributed by atoms with van der Waals surface area (Å²) < 4.78 is 37.1. The first-order chi connectivity index (χ1) is 11.3. The van der Waals surface area contributed by atoms with Crippen LogP contribution < -0.4 is 10.2 Å². The predicted octanol–water partition coefficient (Wildman–Crippen LogP) is 3.32. The molecule has 1 atom stereocenters. The lowest BCUT2D eigenvalue weighted by Crippen LogP contribution is -2.41. The minimum absolute atomic E-state index is 0.00194. The molecular formula is C18H28BFO4. The van der Waals surface area contributed by atoms with Crippen molar-refractivity contribution in [1.82, 2.24) is 0 Å². The van der Waals surface area contributed by atoms with Gasteiger partial charge in [-0.1, -0.05) is 19.9 Å². The van der Waals surface area contributed by atoms with Crippen LogP contribution in [0.15, 0.2) is 18.2 Å². The Bertz CT molecular complexity index is 540. The highest BCUT2D eigenvalue weighted by molar-refractivity contribution is 6.62. The zero-order chi connectivity index (χ0) is 18.0. The second-order valence-electron chi connectivity index (χ2n) is 6.88. The van der Waals surface area contributed by atoms with E-state index in [0.717, 1.165) is 6.42 Å². The van der Waals surface area contributed by atoms with Gasteiger partial charge in [0.1, 0.15) is 17.7 Å². The molecule has 134 valence electrons. The first kappa shape index (κ1) is 19.2. The van der Waals surface area contributed by atoms with Crippen molar-refractivity contribution in [2.24, 2.45) is 0 Å². The molecule has 0 spiro atoms. The summed E-state index contributed by atoms with van der Waals surface area (Å²) in [4.78, 5) is 0. The lowest BCUT2D eigenvalue weighted by molar-refractivity contribution is 0.00578. The normalized spacial score (nSPS) is 24.5. The summed E-state index contributed by atoms with van der Waals surface area (Å²) in [5.41, 5.74) is -0.574. The third-order valence-corrected chi connectivity index (χ3v) is 4.67. The third-order valence-electron chi connectivity index (χ3n) is 4.67. The van der Waals surface area contributed by atoms with Gasteiger partial charge in [0.15, 0.2) is 0 Å². The van der Waals surface area contributed by atoms with Gasteiger partial charge in [-0.25, -0.2) is 4.39 Å². The van der Waals surface area contributed by atoms with Crippen LogP contribution in [0.4, 0.5) is 4.39 Å². The summed E-state index contributed by atoms with van der Waals surface area (Å²) in [6, 6.07) is 4.81. The quantitative estimate of drug-likeness (QED) is 0.793. The number of hydrogen-bond donors (Lipinski definition) is 0. The number of hydrogen-bond acceptors (Lipinski definition) is 4. The maximum atomic E-state index is 14.4. The zero-order valence-corrected chi connectivity index (χ0v) is 15.5. The summed E-state index contributed by atoms with van der Waals surface area (Å²) in [6.45, 7) is 13.0. The molecule has 0 N–H and O–H groups in total. The highest BCUT2D eigenvalue weighted by Gasteiger charge is 2.52. The molecule has 1 aromatic carbocycles. The molecule has 6 heteroatoms. The molecule has 2 aliphatic heterocycles. The van der Waals surface area contributed by atoms with Crippen molar-refractivity contribution in [1.29, 1.82) is 0 Å². The lowest BCUT2D eigenvalue weighted by Gasteiger charge is -2.32. The summed E-state index contributed by atoms with van der Waals surface area (Å²) in [5, 5.41) is 0. The fourth-order valence-corrected chi connectivity index (χ4v) is 2.54. The van der Waals surface area contributed by atoms with E-state index >= 15 is 0 Å². The van der Waals surface area contributed by atoms with Crippen LogP contribution in [0.5, 0.6) is 5.75 Å². The van der Waals surface area contributed by atoms with Crippen LogP contribution >= 0.6 is 0 Å². The molecule has 0 unspecified atom stereocenters. The standard InChI is InChI=1S/C16H22BFO4.C2H6/c1-15(2)16(3,4)22-17(21-15)13-6-5-11(9-14(13)18)20-12-7-8-19-10-12;1-2/h5-6,9,12H,7-8,10H2,1-4H3;1-2H3/t12-;/m0./s1. The molecule has 24 heavy (non-hydrogen) atoms. The molecule has 0 aliphatic carbocycles. The molecule has 0 amide bonds. The van der Waals surface area contributed by atoms with Gasteiger partial charge < -0.3 is 18.8 Å². The minimum Gasteiger partial charge on any atom is -0.488 e. The highest BCUT2D eigenvalue weighted by atomic mass is 19.1.